The Morgan fingerprint density at radius 1 is 0.971 bits per heavy atom. The molecule has 0 radical (unpaired) electrons. The highest BCUT2D eigenvalue weighted by atomic mass is 16.5. The van der Waals surface area contributed by atoms with Crippen LogP contribution in [0.2, 0.25) is 0 Å². The minimum atomic E-state index is -0.158. The molecule has 1 saturated heterocycles. The molecule has 1 N–H and O–H groups in total. The standard InChI is InChI=1S/C23H29N7O4/c1-4-34-19-7-5-18(6-8-19)30-22(25-26-27-30)16-28-9-11-29(12-10-28)23(31)24-17-13-20(32-2)15-21(14-17)33-3/h5-8,13-15H,4,9-12,16H2,1-3H3,(H,24,31). The number of urea groups is 1. The molecule has 0 unspecified atom stereocenters. The zero-order valence-electron chi connectivity index (χ0n) is 19.6. The number of piperazine rings is 1. The van der Waals surface area contributed by atoms with Gasteiger partial charge in [-0.3, -0.25) is 4.90 Å². The number of nitrogens with zero attached hydrogens (tertiary/aromatic N) is 6. The van der Waals surface area contributed by atoms with E-state index in [4.69, 9.17) is 14.2 Å². The van der Waals surface area contributed by atoms with Gasteiger partial charge in [0, 0.05) is 50.1 Å². The number of nitrogens with one attached hydrogen (secondary N) is 1. The van der Waals surface area contributed by atoms with Crippen molar-refractivity contribution in [2.75, 3.05) is 52.3 Å². The summed E-state index contributed by atoms with van der Waals surface area (Å²) in [7, 11) is 3.15. The predicted molar refractivity (Wildman–Crippen MR) is 126 cm³/mol. The van der Waals surface area contributed by atoms with Gasteiger partial charge in [-0.1, -0.05) is 0 Å². The van der Waals surface area contributed by atoms with Gasteiger partial charge in [0.15, 0.2) is 5.82 Å². The number of anilines is 1. The van der Waals surface area contributed by atoms with Gasteiger partial charge in [0.05, 0.1) is 33.1 Å². The molecule has 1 fully saturated rings. The third kappa shape index (κ3) is 5.54. The fraction of sp³-hybridized carbons (Fsp3) is 0.391. The number of hydrogen-bond donors (Lipinski definition) is 1. The van der Waals surface area contributed by atoms with E-state index in [-0.39, 0.29) is 6.03 Å². The van der Waals surface area contributed by atoms with Crippen LogP contribution in [0.5, 0.6) is 17.2 Å². The summed E-state index contributed by atoms with van der Waals surface area (Å²) in [5, 5.41) is 15.1. The molecule has 0 saturated carbocycles. The summed E-state index contributed by atoms with van der Waals surface area (Å²) in [6.45, 7) is 5.77. The zero-order valence-corrected chi connectivity index (χ0v) is 19.6. The second kappa shape index (κ2) is 10.8. The number of rotatable bonds is 8. The minimum absolute atomic E-state index is 0.158. The number of methoxy groups -OCH3 is 2. The maximum atomic E-state index is 12.8. The van der Waals surface area contributed by atoms with Crippen molar-refractivity contribution in [3.8, 4) is 22.9 Å². The number of carbonyl (C=O) groups is 1. The first-order valence-electron chi connectivity index (χ1n) is 11.1. The van der Waals surface area contributed by atoms with Crippen LogP contribution in [0.3, 0.4) is 0 Å². The second-order valence-corrected chi connectivity index (χ2v) is 7.73. The van der Waals surface area contributed by atoms with Crippen molar-refractivity contribution in [3.05, 3.63) is 48.3 Å². The highest BCUT2D eigenvalue weighted by molar-refractivity contribution is 5.90. The van der Waals surface area contributed by atoms with Crippen molar-refractivity contribution in [1.29, 1.82) is 0 Å². The molecule has 11 nitrogen and oxygen atoms in total. The van der Waals surface area contributed by atoms with Crippen LogP contribution in [0, 0.1) is 0 Å². The van der Waals surface area contributed by atoms with Crippen LogP contribution in [-0.4, -0.2) is 83.0 Å². The molecule has 1 aromatic heterocycles. The fourth-order valence-corrected chi connectivity index (χ4v) is 3.75. The van der Waals surface area contributed by atoms with E-state index in [9.17, 15) is 4.79 Å². The van der Waals surface area contributed by atoms with Crippen molar-refractivity contribution in [2.45, 2.75) is 13.5 Å². The molecule has 1 aliphatic heterocycles. The van der Waals surface area contributed by atoms with E-state index in [1.165, 1.54) is 0 Å². The summed E-state index contributed by atoms with van der Waals surface area (Å²) in [6, 6.07) is 12.8. The first-order chi connectivity index (χ1) is 16.6. The van der Waals surface area contributed by atoms with Crippen molar-refractivity contribution >= 4 is 11.7 Å². The van der Waals surface area contributed by atoms with Crippen LogP contribution in [0.15, 0.2) is 42.5 Å². The first-order valence-corrected chi connectivity index (χ1v) is 11.1. The number of amides is 2. The van der Waals surface area contributed by atoms with Crippen LogP contribution in [0.4, 0.5) is 10.5 Å². The van der Waals surface area contributed by atoms with Gasteiger partial charge < -0.3 is 24.4 Å². The van der Waals surface area contributed by atoms with Gasteiger partial charge in [0.2, 0.25) is 0 Å². The van der Waals surface area contributed by atoms with Crippen molar-refractivity contribution in [1.82, 2.24) is 30.0 Å². The molecule has 3 aromatic rings. The molecule has 0 atom stereocenters. The summed E-state index contributed by atoms with van der Waals surface area (Å²) in [6.07, 6.45) is 0. The highest BCUT2D eigenvalue weighted by Gasteiger charge is 2.23. The average Bonchev–Trinajstić information content (AvgIpc) is 3.33. The van der Waals surface area contributed by atoms with E-state index in [0.717, 1.165) is 17.3 Å². The van der Waals surface area contributed by atoms with Gasteiger partial charge in [-0.15, -0.1) is 5.10 Å². The lowest BCUT2D eigenvalue weighted by Crippen LogP contribution is -2.49. The predicted octanol–water partition coefficient (Wildman–Crippen LogP) is 2.43. The SMILES string of the molecule is CCOc1ccc(-n2nnnc2CN2CCN(C(=O)Nc3cc(OC)cc(OC)c3)CC2)cc1. The highest BCUT2D eigenvalue weighted by Crippen LogP contribution is 2.26. The maximum absolute atomic E-state index is 12.8. The molecule has 1 aliphatic rings. The lowest BCUT2D eigenvalue weighted by molar-refractivity contribution is 0.140. The third-order valence-corrected chi connectivity index (χ3v) is 5.55. The van der Waals surface area contributed by atoms with E-state index in [0.29, 0.717) is 56.5 Å². The molecule has 2 aromatic carbocycles. The van der Waals surface area contributed by atoms with Gasteiger partial charge in [0.25, 0.3) is 0 Å². The molecular formula is C23H29N7O4. The molecule has 11 heteroatoms. The van der Waals surface area contributed by atoms with Gasteiger partial charge in [-0.2, -0.15) is 4.68 Å². The fourth-order valence-electron chi connectivity index (χ4n) is 3.75. The Morgan fingerprint density at radius 2 is 1.65 bits per heavy atom. The molecule has 4 rings (SSSR count). The molecule has 0 bridgehead atoms. The van der Waals surface area contributed by atoms with Crippen LogP contribution in [0.25, 0.3) is 5.69 Å². The van der Waals surface area contributed by atoms with Gasteiger partial charge >= 0.3 is 6.03 Å². The van der Waals surface area contributed by atoms with Crippen LogP contribution in [0.1, 0.15) is 12.7 Å². The number of ether oxygens (including phenoxy) is 3. The van der Waals surface area contributed by atoms with E-state index in [2.05, 4.69) is 25.7 Å². The third-order valence-electron chi connectivity index (χ3n) is 5.55. The Bertz CT molecular complexity index is 1070. The molecule has 0 aliphatic carbocycles. The van der Waals surface area contributed by atoms with E-state index in [1.807, 2.05) is 31.2 Å². The molecular weight excluding hydrogens is 438 g/mol. The lowest BCUT2D eigenvalue weighted by Gasteiger charge is -2.34. The van der Waals surface area contributed by atoms with Gasteiger partial charge in [-0.25, -0.2) is 4.79 Å². The van der Waals surface area contributed by atoms with Gasteiger partial charge in [-0.05, 0) is 41.6 Å². The van der Waals surface area contributed by atoms with Gasteiger partial charge in [0.1, 0.15) is 17.2 Å². The average molecular weight is 468 g/mol. The van der Waals surface area contributed by atoms with Crippen LogP contribution >= 0.6 is 0 Å². The molecule has 34 heavy (non-hydrogen) atoms. The number of aromatic nitrogens is 4. The monoisotopic (exact) mass is 467 g/mol. The van der Waals surface area contributed by atoms with Crippen molar-refractivity contribution in [2.24, 2.45) is 0 Å². The largest absolute Gasteiger partial charge is 0.497 e. The molecule has 2 amide bonds. The maximum Gasteiger partial charge on any atom is 0.321 e. The first kappa shape index (κ1) is 23.3. The Balaban J connectivity index is 1.33. The number of hydrogen-bond acceptors (Lipinski definition) is 8. The Kier molecular flexibility index (Phi) is 7.43. The topological polar surface area (TPSA) is 107 Å². The molecule has 0 spiro atoms. The molecule has 180 valence electrons. The molecule has 2 heterocycles. The summed E-state index contributed by atoms with van der Waals surface area (Å²) >= 11 is 0. The summed E-state index contributed by atoms with van der Waals surface area (Å²) in [5.41, 5.74) is 1.49. The summed E-state index contributed by atoms with van der Waals surface area (Å²) in [4.78, 5) is 16.8. The number of tetrazole rings is 1. The number of carbonyl (C=O) groups excluding carboxylic acids is 1. The van der Waals surface area contributed by atoms with Crippen molar-refractivity contribution in [3.63, 3.8) is 0 Å². The Hall–Kier alpha value is -3.86. The second-order valence-electron chi connectivity index (χ2n) is 7.73. The van der Waals surface area contributed by atoms with Crippen LogP contribution < -0.4 is 19.5 Å². The normalized spacial score (nSPS) is 14.0. The zero-order chi connectivity index (χ0) is 23.9. The number of benzene rings is 2. The summed E-state index contributed by atoms with van der Waals surface area (Å²) in [5.74, 6) is 2.78. The summed E-state index contributed by atoms with van der Waals surface area (Å²) < 4.78 is 17.8. The lowest BCUT2D eigenvalue weighted by atomic mass is 10.2. The van der Waals surface area contributed by atoms with E-state index < -0.39 is 0 Å². The van der Waals surface area contributed by atoms with E-state index >= 15 is 0 Å². The smallest absolute Gasteiger partial charge is 0.321 e. The van der Waals surface area contributed by atoms with Crippen LogP contribution in [-0.2, 0) is 6.54 Å². The quantitative estimate of drug-likeness (QED) is 0.538. The van der Waals surface area contributed by atoms with Crippen molar-refractivity contribution < 1.29 is 19.0 Å². The Morgan fingerprint density at radius 3 is 2.26 bits per heavy atom. The Labute approximate surface area is 198 Å². The van der Waals surface area contributed by atoms with E-state index in [1.54, 1.807) is 42.0 Å². The minimum Gasteiger partial charge on any atom is -0.497 e.